The molecule has 2 atom stereocenters. The molecular weight excluding hydrogens is 362 g/mol. The van der Waals surface area contributed by atoms with Crippen molar-refractivity contribution in [3.8, 4) is 0 Å². The van der Waals surface area contributed by atoms with Crippen LogP contribution in [0.5, 0.6) is 0 Å². The summed E-state index contributed by atoms with van der Waals surface area (Å²) in [5.41, 5.74) is 1.66. The number of hydrogen-bond donors (Lipinski definition) is 2. The number of hydrogen-bond acceptors (Lipinski definition) is 6. The average molecular weight is 379 g/mol. The molecule has 2 N–H and O–H groups in total. The van der Waals surface area contributed by atoms with Crippen LogP contribution in [0.15, 0.2) is 65.9 Å². The van der Waals surface area contributed by atoms with Gasteiger partial charge >= 0.3 is 5.97 Å². The van der Waals surface area contributed by atoms with Crippen LogP contribution in [0.25, 0.3) is 0 Å². The quantitative estimate of drug-likeness (QED) is 0.345. The molecule has 28 heavy (non-hydrogen) atoms. The lowest BCUT2D eigenvalue weighted by Crippen LogP contribution is -2.31. The third-order valence-corrected chi connectivity index (χ3v) is 4.77. The third kappa shape index (κ3) is 3.57. The Hall–Kier alpha value is -3.68. The van der Waals surface area contributed by atoms with Crippen LogP contribution >= 0.6 is 0 Å². The van der Waals surface area contributed by atoms with Gasteiger partial charge in [0.25, 0.3) is 11.6 Å². The molecule has 1 aliphatic heterocycles. The van der Waals surface area contributed by atoms with Gasteiger partial charge in [0.15, 0.2) is 0 Å². The van der Waals surface area contributed by atoms with E-state index in [1.807, 2.05) is 30.3 Å². The van der Waals surface area contributed by atoms with Gasteiger partial charge in [0.05, 0.1) is 10.6 Å². The van der Waals surface area contributed by atoms with E-state index < -0.39 is 16.8 Å². The van der Waals surface area contributed by atoms with Gasteiger partial charge in [0.1, 0.15) is 12.2 Å². The first kappa shape index (κ1) is 17.7. The van der Waals surface area contributed by atoms with E-state index in [1.54, 1.807) is 6.07 Å². The lowest BCUT2D eigenvalue weighted by atomic mass is 10.1. The smallest absolute Gasteiger partial charge is 0.346 e. The van der Waals surface area contributed by atoms with Crippen LogP contribution in [0.1, 0.15) is 17.9 Å². The SMILES string of the molecule is O=C(N[C@@H]1C[C@H]1c1ccccc1)C1=C(Nc2cccc([N+](=O)[O-])c2)COC1=O. The van der Waals surface area contributed by atoms with Crippen LogP contribution in [0, 0.1) is 10.1 Å². The summed E-state index contributed by atoms with van der Waals surface area (Å²) < 4.78 is 4.99. The molecule has 142 valence electrons. The minimum absolute atomic E-state index is 0.0325. The van der Waals surface area contributed by atoms with Crippen LogP contribution in [0.2, 0.25) is 0 Å². The number of nitro benzene ring substituents is 1. The van der Waals surface area contributed by atoms with Gasteiger partial charge in [0.2, 0.25) is 0 Å². The number of carbonyl (C=O) groups excluding carboxylic acids is 2. The Balaban J connectivity index is 1.48. The molecule has 2 aromatic rings. The van der Waals surface area contributed by atoms with Crippen LogP contribution in [0.4, 0.5) is 11.4 Å². The highest BCUT2D eigenvalue weighted by Gasteiger charge is 2.41. The fourth-order valence-electron chi connectivity index (χ4n) is 3.27. The van der Waals surface area contributed by atoms with E-state index in [0.29, 0.717) is 11.4 Å². The number of nitrogens with one attached hydrogen (secondary N) is 2. The number of non-ortho nitro benzene ring substituents is 1. The number of amides is 1. The van der Waals surface area contributed by atoms with Crippen LogP contribution in [-0.4, -0.2) is 29.4 Å². The zero-order valence-corrected chi connectivity index (χ0v) is 14.8. The molecule has 0 spiro atoms. The second-order valence-corrected chi connectivity index (χ2v) is 6.69. The monoisotopic (exact) mass is 379 g/mol. The summed E-state index contributed by atoms with van der Waals surface area (Å²) >= 11 is 0. The van der Waals surface area contributed by atoms with E-state index in [4.69, 9.17) is 4.74 Å². The molecular formula is C20H17N3O5. The number of ether oxygens (including phenoxy) is 1. The standard InChI is InChI=1S/C20H17N3O5/c24-19(22-16-10-15(16)12-5-2-1-3-6-12)18-17(11-28-20(18)25)21-13-7-4-8-14(9-13)23(26)27/h1-9,15-16,21H,10-11H2,(H,22,24)/t15-,16+/m0/s1. The first-order chi connectivity index (χ1) is 13.5. The molecule has 1 saturated carbocycles. The Morgan fingerprint density at radius 1 is 1.14 bits per heavy atom. The maximum atomic E-state index is 12.6. The second kappa shape index (κ2) is 7.15. The summed E-state index contributed by atoms with van der Waals surface area (Å²) in [5.74, 6) is -0.974. The van der Waals surface area contributed by atoms with Crippen molar-refractivity contribution in [1.82, 2.24) is 5.32 Å². The van der Waals surface area contributed by atoms with Crippen molar-refractivity contribution in [2.75, 3.05) is 11.9 Å². The largest absolute Gasteiger partial charge is 0.455 e. The number of nitro groups is 1. The number of esters is 1. The molecule has 2 aliphatic rings. The van der Waals surface area contributed by atoms with Gasteiger partial charge in [-0.05, 0) is 18.1 Å². The lowest BCUT2D eigenvalue weighted by Gasteiger charge is -2.08. The maximum Gasteiger partial charge on any atom is 0.346 e. The molecule has 0 radical (unpaired) electrons. The topological polar surface area (TPSA) is 111 Å². The van der Waals surface area contributed by atoms with Crippen LogP contribution in [0.3, 0.4) is 0 Å². The van der Waals surface area contributed by atoms with Crippen LogP contribution < -0.4 is 10.6 Å². The van der Waals surface area contributed by atoms with E-state index in [1.165, 1.54) is 18.2 Å². The van der Waals surface area contributed by atoms with Gasteiger partial charge in [-0.1, -0.05) is 36.4 Å². The molecule has 0 saturated heterocycles. The van der Waals surface area contributed by atoms with E-state index in [2.05, 4.69) is 10.6 Å². The van der Waals surface area contributed by atoms with E-state index >= 15 is 0 Å². The number of anilines is 1. The Kier molecular flexibility index (Phi) is 4.52. The Morgan fingerprint density at radius 3 is 2.68 bits per heavy atom. The molecule has 1 fully saturated rings. The average Bonchev–Trinajstić information content (AvgIpc) is 3.36. The number of cyclic esters (lactones) is 1. The Morgan fingerprint density at radius 2 is 1.93 bits per heavy atom. The van der Waals surface area contributed by atoms with Crippen molar-refractivity contribution in [3.05, 3.63) is 81.5 Å². The second-order valence-electron chi connectivity index (χ2n) is 6.69. The van der Waals surface area contributed by atoms with Gasteiger partial charge in [0, 0.05) is 29.8 Å². The van der Waals surface area contributed by atoms with E-state index in [0.717, 1.165) is 12.0 Å². The summed E-state index contributed by atoms with van der Waals surface area (Å²) in [6.45, 7) is -0.0863. The van der Waals surface area contributed by atoms with Crippen molar-refractivity contribution >= 4 is 23.3 Å². The Bertz CT molecular complexity index is 986. The molecule has 0 unspecified atom stereocenters. The van der Waals surface area contributed by atoms with Crippen LogP contribution in [-0.2, 0) is 14.3 Å². The fraction of sp³-hybridized carbons (Fsp3) is 0.200. The minimum atomic E-state index is -0.706. The van der Waals surface area contributed by atoms with Crippen molar-refractivity contribution in [1.29, 1.82) is 0 Å². The summed E-state index contributed by atoms with van der Waals surface area (Å²) in [6, 6.07) is 15.6. The fourth-order valence-corrected chi connectivity index (χ4v) is 3.27. The highest BCUT2D eigenvalue weighted by Crippen LogP contribution is 2.40. The van der Waals surface area contributed by atoms with Crippen molar-refractivity contribution in [2.45, 2.75) is 18.4 Å². The zero-order valence-electron chi connectivity index (χ0n) is 14.8. The molecule has 2 aromatic carbocycles. The molecule has 8 nitrogen and oxygen atoms in total. The van der Waals surface area contributed by atoms with Crippen molar-refractivity contribution in [2.24, 2.45) is 0 Å². The van der Waals surface area contributed by atoms with Gasteiger partial charge < -0.3 is 15.4 Å². The number of benzene rings is 2. The normalized spacial score (nSPS) is 20.5. The number of rotatable bonds is 6. The van der Waals surface area contributed by atoms with Gasteiger partial charge in [-0.25, -0.2) is 4.79 Å². The molecule has 1 amide bonds. The highest BCUT2D eigenvalue weighted by atomic mass is 16.6. The number of nitrogens with zero attached hydrogens (tertiary/aromatic N) is 1. The molecule has 0 bridgehead atoms. The third-order valence-electron chi connectivity index (χ3n) is 4.77. The summed E-state index contributed by atoms with van der Waals surface area (Å²) in [5, 5.41) is 16.7. The summed E-state index contributed by atoms with van der Waals surface area (Å²) in [7, 11) is 0. The lowest BCUT2D eigenvalue weighted by molar-refractivity contribution is -0.384. The highest BCUT2D eigenvalue weighted by molar-refractivity contribution is 6.18. The maximum absolute atomic E-state index is 12.6. The zero-order chi connectivity index (χ0) is 19.7. The summed E-state index contributed by atoms with van der Waals surface area (Å²) in [4.78, 5) is 35.1. The molecule has 0 aromatic heterocycles. The minimum Gasteiger partial charge on any atom is -0.455 e. The van der Waals surface area contributed by atoms with Crippen molar-refractivity contribution in [3.63, 3.8) is 0 Å². The molecule has 8 heteroatoms. The first-order valence-electron chi connectivity index (χ1n) is 8.80. The molecule has 4 rings (SSSR count). The Labute approximate surface area is 160 Å². The van der Waals surface area contributed by atoms with Gasteiger partial charge in [-0.3, -0.25) is 14.9 Å². The first-order valence-corrected chi connectivity index (χ1v) is 8.80. The molecule has 1 aliphatic carbocycles. The van der Waals surface area contributed by atoms with E-state index in [-0.39, 0.29) is 29.8 Å². The van der Waals surface area contributed by atoms with Gasteiger partial charge in [-0.15, -0.1) is 0 Å². The van der Waals surface area contributed by atoms with Gasteiger partial charge in [-0.2, -0.15) is 0 Å². The predicted molar refractivity (Wildman–Crippen MR) is 100 cm³/mol. The van der Waals surface area contributed by atoms with Crippen molar-refractivity contribution < 1.29 is 19.2 Å². The molecule has 1 heterocycles. The predicted octanol–water partition coefficient (Wildman–Crippen LogP) is 2.49. The van der Waals surface area contributed by atoms with E-state index in [9.17, 15) is 19.7 Å². The summed E-state index contributed by atoms with van der Waals surface area (Å²) in [6.07, 6.45) is 0.811. The number of carbonyl (C=O) groups is 2.